The number of fused-ring (bicyclic) bond motifs is 1. The number of carbonyl (C=O) groups is 2. The number of nitrogens with zero attached hydrogens (tertiary/aromatic N) is 5. The van der Waals surface area contributed by atoms with Gasteiger partial charge in [-0.05, 0) is 24.1 Å². The molecular weight excluding hydrogens is 521 g/mol. The molecule has 8 nitrogen and oxygen atoms in total. The van der Waals surface area contributed by atoms with Gasteiger partial charge in [-0.15, -0.1) is 0 Å². The van der Waals surface area contributed by atoms with Crippen molar-refractivity contribution < 1.29 is 22.8 Å². The van der Waals surface area contributed by atoms with Crippen LogP contribution in [0.1, 0.15) is 44.4 Å². The van der Waals surface area contributed by atoms with Gasteiger partial charge in [0.2, 0.25) is 0 Å². The molecule has 1 aliphatic rings. The third-order valence-electron chi connectivity index (χ3n) is 6.88. The normalized spacial score (nSPS) is 18.1. The van der Waals surface area contributed by atoms with Crippen LogP contribution in [0.4, 0.5) is 13.2 Å². The molecule has 2 aromatic carbocycles. The number of carbonyl (C=O) groups excluding carboxylic acids is 2. The zero-order valence-corrected chi connectivity index (χ0v) is 21.3. The summed E-state index contributed by atoms with van der Waals surface area (Å²) in [6.07, 6.45) is -2.62. The van der Waals surface area contributed by atoms with Crippen LogP contribution in [0.15, 0.2) is 54.9 Å². The van der Waals surface area contributed by atoms with Crippen molar-refractivity contribution in [3.8, 4) is 0 Å². The van der Waals surface area contributed by atoms with E-state index in [1.165, 1.54) is 7.05 Å². The monoisotopic (exact) mass is 544 g/mol. The van der Waals surface area contributed by atoms with Gasteiger partial charge in [-0.1, -0.05) is 41.9 Å². The van der Waals surface area contributed by atoms with Crippen molar-refractivity contribution in [1.82, 2.24) is 29.5 Å². The number of hydrogen-bond donors (Lipinski definition) is 1. The molecule has 1 aliphatic heterocycles. The van der Waals surface area contributed by atoms with E-state index in [9.17, 15) is 22.8 Å². The molecule has 1 saturated heterocycles. The highest BCUT2D eigenvalue weighted by Gasteiger charge is 2.37. The van der Waals surface area contributed by atoms with Crippen molar-refractivity contribution in [3.63, 3.8) is 0 Å². The highest BCUT2D eigenvalue weighted by Crippen LogP contribution is 2.31. The molecule has 2 amide bonds. The third kappa shape index (κ3) is 4.85. The minimum atomic E-state index is -4.66. The molecule has 12 heteroatoms. The predicted octanol–water partition coefficient (Wildman–Crippen LogP) is 4.41. The first-order valence-electron chi connectivity index (χ1n) is 11.9. The molecule has 0 radical (unpaired) electrons. The summed E-state index contributed by atoms with van der Waals surface area (Å²) < 4.78 is 42.0. The van der Waals surface area contributed by atoms with Gasteiger partial charge in [0.15, 0.2) is 5.69 Å². The quantitative estimate of drug-likeness (QED) is 0.412. The molecule has 38 heavy (non-hydrogen) atoms. The number of alkyl halides is 3. The van der Waals surface area contributed by atoms with Crippen LogP contribution in [0.25, 0.3) is 11.0 Å². The summed E-state index contributed by atoms with van der Waals surface area (Å²) in [4.78, 5) is 32.5. The molecule has 2 aromatic heterocycles. The van der Waals surface area contributed by atoms with Crippen LogP contribution in [-0.4, -0.2) is 55.2 Å². The molecule has 1 N–H and O–H groups in total. The van der Waals surface area contributed by atoms with Gasteiger partial charge in [-0.2, -0.15) is 18.3 Å². The fourth-order valence-electron chi connectivity index (χ4n) is 4.90. The largest absolute Gasteiger partial charge is 0.435 e. The molecule has 5 rings (SSSR count). The lowest BCUT2D eigenvalue weighted by atomic mass is 9.85. The van der Waals surface area contributed by atoms with Gasteiger partial charge in [0, 0.05) is 50.8 Å². The van der Waals surface area contributed by atoms with Crippen molar-refractivity contribution in [2.45, 2.75) is 24.6 Å². The van der Waals surface area contributed by atoms with E-state index in [1.54, 1.807) is 27.9 Å². The number of imidazole rings is 1. The Morgan fingerprint density at radius 3 is 2.53 bits per heavy atom. The second kappa shape index (κ2) is 9.79. The number of aromatic nitrogens is 4. The predicted molar refractivity (Wildman–Crippen MR) is 135 cm³/mol. The van der Waals surface area contributed by atoms with E-state index in [-0.39, 0.29) is 17.5 Å². The Balaban J connectivity index is 1.40. The van der Waals surface area contributed by atoms with Crippen LogP contribution in [0.2, 0.25) is 5.02 Å². The van der Waals surface area contributed by atoms with E-state index < -0.39 is 23.8 Å². The maximum Gasteiger partial charge on any atom is 0.435 e. The Labute approximate surface area is 221 Å². The van der Waals surface area contributed by atoms with Crippen molar-refractivity contribution in [2.24, 2.45) is 14.1 Å². The molecule has 0 unspecified atom stereocenters. The lowest BCUT2D eigenvalue weighted by Crippen LogP contribution is -2.51. The Hall–Kier alpha value is -3.86. The Morgan fingerprint density at radius 1 is 1.11 bits per heavy atom. The number of aryl methyl sites for hydroxylation is 2. The lowest BCUT2D eigenvalue weighted by Gasteiger charge is -2.39. The zero-order chi connectivity index (χ0) is 27.2. The fraction of sp³-hybridized carbons (Fsp3) is 0.308. The summed E-state index contributed by atoms with van der Waals surface area (Å²) in [6.45, 7) is 0.640. The van der Waals surface area contributed by atoms with E-state index in [0.29, 0.717) is 35.6 Å². The highest BCUT2D eigenvalue weighted by molar-refractivity contribution is 6.35. The van der Waals surface area contributed by atoms with Crippen molar-refractivity contribution in [2.75, 3.05) is 13.1 Å². The van der Waals surface area contributed by atoms with E-state index >= 15 is 0 Å². The Bertz CT molecular complexity index is 1510. The number of amides is 2. The van der Waals surface area contributed by atoms with E-state index in [1.807, 2.05) is 37.4 Å². The van der Waals surface area contributed by atoms with Crippen molar-refractivity contribution in [1.29, 1.82) is 0 Å². The van der Waals surface area contributed by atoms with E-state index in [2.05, 4.69) is 15.4 Å². The molecule has 3 heterocycles. The highest BCUT2D eigenvalue weighted by atomic mass is 35.5. The molecule has 0 aliphatic carbocycles. The summed E-state index contributed by atoms with van der Waals surface area (Å²) in [7, 11) is 3.11. The number of likely N-dealkylation sites (tertiary alicyclic amines) is 1. The SMILES string of the molecule is Cn1nc(C(F)(F)F)cc1C(=O)N[C@@H]1CCN(C(=O)c2cc(Cl)c3ncn(C)c3c2)C[C@@H]1c1ccccc1. The average molecular weight is 545 g/mol. The molecule has 0 bridgehead atoms. The van der Waals surface area contributed by atoms with Gasteiger partial charge in [-0.3, -0.25) is 14.3 Å². The molecule has 198 valence electrons. The van der Waals surface area contributed by atoms with Gasteiger partial charge >= 0.3 is 6.18 Å². The molecule has 0 saturated carbocycles. The first kappa shape index (κ1) is 25.8. The minimum absolute atomic E-state index is 0.193. The zero-order valence-electron chi connectivity index (χ0n) is 20.5. The van der Waals surface area contributed by atoms with Gasteiger partial charge in [-0.25, -0.2) is 4.98 Å². The summed E-state index contributed by atoms with van der Waals surface area (Å²) >= 11 is 6.39. The third-order valence-corrected chi connectivity index (χ3v) is 7.17. The number of benzene rings is 2. The molecule has 0 spiro atoms. The smallest absolute Gasteiger partial charge is 0.347 e. The Morgan fingerprint density at radius 2 is 1.84 bits per heavy atom. The second-order valence-corrected chi connectivity index (χ2v) is 9.76. The van der Waals surface area contributed by atoms with Crippen LogP contribution in [0.3, 0.4) is 0 Å². The van der Waals surface area contributed by atoms with Crippen LogP contribution in [-0.2, 0) is 20.3 Å². The van der Waals surface area contributed by atoms with Crippen LogP contribution in [0, 0.1) is 0 Å². The molecule has 2 atom stereocenters. The van der Waals surface area contributed by atoms with Crippen LogP contribution < -0.4 is 5.32 Å². The Kier molecular flexibility index (Phi) is 6.64. The van der Waals surface area contributed by atoms with Gasteiger partial charge < -0.3 is 14.8 Å². The minimum Gasteiger partial charge on any atom is -0.347 e. The number of piperidine rings is 1. The van der Waals surface area contributed by atoms with E-state index in [0.717, 1.165) is 21.8 Å². The maximum atomic E-state index is 13.5. The molecule has 4 aromatic rings. The van der Waals surface area contributed by atoms with Crippen molar-refractivity contribution >= 4 is 34.4 Å². The van der Waals surface area contributed by atoms with Gasteiger partial charge in [0.05, 0.1) is 16.9 Å². The number of halogens is 4. The van der Waals surface area contributed by atoms with Crippen LogP contribution in [0.5, 0.6) is 0 Å². The number of rotatable bonds is 4. The summed E-state index contributed by atoms with van der Waals surface area (Å²) in [5.74, 6) is -1.15. The average Bonchev–Trinajstić information content (AvgIpc) is 3.47. The van der Waals surface area contributed by atoms with E-state index in [4.69, 9.17) is 11.6 Å². The molecule has 1 fully saturated rings. The lowest BCUT2D eigenvalue weighted by molar-refractivity contribution is -0.141. The van der Waals surface area contributed by atoms with Crippen LogP contribution >= 0.6 is 11.6 Å². The number of hydrogen-bond acceptors (Lipinski definition) is 4. The first-order valence-corrected chi connectivity index (χ1v) is 12.3. The maximum absolute atomic E-state index is 13.5. The summed E-state index contributed by atoms with van der Waals surface area (Å²) in [6, 6.07) is 13.1. The molecular formula is C26H24ClF3N6O2. The fourth-order valence-corrected chi connectivity index (χ4v) is 5.16. The first-order chi connectivity index (χ1) is 18.0. The van der Waals surface area contributed by atoms with Gasteiger partial charge in [0.25, 0.3) is 11.8 Å². The second-order valence-electron chi connectivity index (χ2n) is 9.35. The van der Waals surface area contributed by atoms with Gasteiger partial charge in [0.1, 0.15) is 11.2 Å². The topological polar surface area (TPSA) is 85.1 Å². The standard InChI is InChI=1S/C26H24ClF3N6O2/c1-34-14-31-23-18(27)10-16(11-20(23)34)25(38)36-9-8-19(17(13-36)15-6-4-3-5-7-15)32-24(37)21-12-22(26(28,29)30)33-35(21)2/h3-7,10-12,14,17,19H,8-9,13H2,1-2H3,(H,32,37)/t17-,19-/m1/s1. The summed E-state index contributed by atoms with van der Waals surface area (Å²) in [5, 5.41) is 6.70. The summed E-state index contributed by atoms with van der Waals surface area (Å²) in [5.41, 5.74) is 1.34. The van der Waals surface area contributed by atoms with Crippen molar-refractivity contribution in [3.05, 3.63) is 82.4 Å². The number of nitrogens with one attached hydrogen (secondary N) is 1.